The Morgan fingerprint density at radius 2 is 1.57 bits per heavy atom. The molecule has 6 nitrogen and oxygen atoms in total. The van der Waals surface area contributed by atoms with Gasteiger partial charge in [-0.3, -0.25) is 14.4 Å². The normalized spacial score (nSPS) is 10.7. The minimum absolute atomic E-state index is 0.0382. The maximum Gasteiger partial charge on any atom is 0.305 e. The molecule has 2 amide bonds. The zero-order valence-electron chi connectivity index (χ0n) is 14.0. The number of nitrogens with zero attached hydrogens (tertiary/aromatic N) is 1. The molecule has 0 aliphatic heterocycles. The van der Waals surface area contributed by atoms with Gasteiger partial charge in [-0.2, -0.15) is 0 Å². The van der Waals surface area contributed by atoms with Gasteiger partial charge < -0.3 is 15.3 Å². The molecule has 0 atom stereocenters. The Labute approximate surface area is 136 Å². The predicted molar refractivity (Wildman–Crippen MR) is 87.5 cm³/mol. The zero-order chi connectivity index (χ0) is 17.6. The van der Waals surface area contributed by atoms with E-state index in [2.05, 4.69) is 5.32 Å². The topological polar surface area (TPSA) is 86.7 Å². The van der Waals surface area contributed by atoms with Gasteiger partial charge in [0.05, 0.1) is 6.42 Å². The number of aliphatic carboxylic acids is 1. The number of benzene rings is 1. The van der Waals surface area contributed by atoms with E-state index in [1.165, 1.54) is 4.90 Å². The molecule has 1 aromatic carbocycles. The zero-order valence-corrected chi connectivity index (χ0v) is 14.0. The molecule has 0 bridgehead atoms. The summed E-state index contributed by atoms with van der Waals surface area (Å²) in [4.78, 5) is 36.6. The van der Waals surface area contributed by atoms with E-state index in [0.717, 1.165) is 0 Å². The van der Waals surface area contributed by atoms with Crippen molar-refractivity contribution in [3.8, 4) is 0 Å². The van der Waals surface area contributed by atoms with E-state index in [1.807, 2.05) is 27.7 Å². The van der Waals surface area contributed by atoms with Crippen LogP contribution in [0, 0.1) is 0 Å². The second-order valence-corrected chi connectivity index (χ2v) is 5.94. The Bertz CT molecular complexity index is 564. The van der Waals surface area contributed by atoms with Crippen LogP contribution in [0.25, 0.3) is 0 Å². The van der Waals surface area contributed by atoms with Crippen LogP contribution in [0.5, 0.6) is 0 Å². The van der Waals surface area contributed by atoms with Gasteiger partial charge >= 0.3 is 5.97 Å². The quantitative estimate of drug-likeness (QED) is 0.806. The van der Waals surface area contributed by atoms with E-state index in [0.29, 0.717) is 11.1 Å². The summed E-state index contributed by atoms with van der Waals surface area (Å²) >= 11 is 0. The second-order valence-electron chi connectivity index (χ2n) is 5.94. The summed E-state index contributed by atoms with van der Waals surface area (Å²) in [5, 5.41) is 11.6. The van der Waals surface area contributed by atoms with Crippen LogP contribution in [-0.2, 0) is 4.79 Å². The lowest BCUT2D eigenvalue weighted by Crippen LogP contribution is -2.38. The Morgan fingerprint density at radius 1 is 1.04 bits per heavy atom. The molecule has 23 heavy (non-hydrogen) atoms. The molecular formula is C17H24N2O4. The number of hydrogen-bond acceptors (Lipinski definition) is 3. The molecule has 6 heteroatoms. The summed E-state index contributed by atoms with van der Waals surface area (Å²) < 4.78 is 0. The summed E-state index contributed by atoms with van der Waals surface area (Å²) in [5.74, 6) is -1.37. The first-order valence-electron chi connectivity index (χ1n) is 7.66. The van der Waals surface area contributed by atoms with Gasteiger partial charge in [0.25, 0.3) is 11.8 Å². The number of carbonyl (C=O) groups is 3. The third kappa shape index (κ3) is 5.73. The fraction of sp³-hybridized carbons (Fsp3) is 0.471. The van der Waals surface area contributed by atoms with Crippen molar-refractivity contribution in [3.63, 3.8) is 0 Å². The van der Waals surface area contributed by atoms with Gasteiger partial charge in [0.2, 0.25) is 0 Å². The SMILES string of the molecule is CC(C)NC(=O)c1ccc(C(=O)N(CCC(=O)O)C(C)C)cc1. The molecule has 0 aliphatic rings. The summed E-state index contributed by atoms with van der Waals surface area (Å²) in [6, 6.07) is 6.31. The van der Waals surface area contributed by atoms with Crippen molar-refractivity contribution in [1.82, 2.24) is 10.2 Å². The summed E-state index contributed by atoms with van der Waals surface area (Å²) in [6.07, 6.45) is -0.0984. The Morgan fingerprint density at radius 3 is 2.00 bits per heavy atom. The van der Waals surface area contributed by atoms with E-state index < -0.39 is 5.97 Å². The average molecular weight is 320 g/mol. The molecule has 126 valence electrons. The van der Waals surface area contributed by atoms with E-state index in [4.69, 9.17) is 5.11 Å². The summed E-state index contributed by atoms with van der Waals surface area (Å²) in [5.41, 5.74) is 0.919. The minimum Gasteiger partial charge on any atom is -0.481 e. The maximum atomic E-state index is 12.5. The summed E-state index contributed by atoms with van der Waals surface area (Å²) in [6.45, 7) is 7.58. The van der Waals surface area contributed by atoms with Gasteiger partial charge in [-0.15, -0.1) is 0 Å². The third-order valence-corrected chi connectivity index (χ3v) is 3.26. The van der Waals surface area contributed by atoms with Gasteiger partial charge in [0.1, 0.15) is 0 Å². The molecule has 0 aromatic heterocycles. The van der Waals surface area contributed by atoms with Crippen molar-refractivity contribution in [2.45, 2.75) is 46.2 Å². The largest absolute Gasteiger partial charge is 0.481 e. The van der Waals surface area contributed by atoms with Crippen LogP contribution in [0.15, 0.2) is 24.3 Å². The highest BCUT2D eigenvalue weighted by molar-refractivity contribution is 5.98. The second kappa shape index (κ2) is 8.31. The highest BCUT2D eigenvalue weighted by Gasteiger charge is 2.20. The molecule has 0 fully saturated rings. The Balaban J connectivity index is 2.86. The highest BCUT2D eigenvalue weighted by Crippen LogP contribution is 2.11. The lowest BCUT2D eigenvalue weighted by atomic mass is 10.1. The lowest BCUT2D eigenvalue weighted by molar-refractivity contribution is -0.137. The van der Waals surface area contributed by atoms with Gasteiger partial charge in [0.15, 0.2) is 0 Å². The Hall–Kier alpha value is -2.37. The molecule has 0 unspecified atom stereocenters. The number of rotatable bonds is 7. The smallest absolute Gasteiger partial charge is 0.305 e. The van der Waals surface area contributed by atoms with Gasteiger partial charge in [-0.1, -0.05) is 0 Å². The monoisotopic (exact) mass is 320 g/mol. The third-order valence-electron chi connectivity index (χ3n) is 3.26. The predicted octanol–water partition coefficient (Wildman–Crippen LogP) is 2.15. The van der Waals surface area contributed by atoms with Crippen LogP contribution in [0.3, 0.4) is 0 Å². The molecule has 0 aliphatic carbocycles. The van der Waals surface area contributed by atoms with Crippen molar-refractivity contribution in [1.29, 1.82) is 0 Å². The van der Waals surface area contributed by atoms with Gasteiger partial charge in [-0.05, 0) is 52.0 Å². The average Bonchev–Trinajstić information content (AvgIpc) is 2.46. The lowest BCUT2D eigenvalue weighted by Gasteiger charge is -2.26. The van der Waals surface area contributed by atoms with Gasteiger partial charge in [0, 0.05) is 29.8 Å². The molecule has 0 radical (unpaired) electrons. The van der Waals surface area contributed by atoms with Crippen LogP contribution >= 0.6 is 0 Å². The maximum absolute atomic E-state index is 12.5. The molecular weight excluding hydrogens is 296 g/mol. The highest BCUT2D eigenvalue weighted by atomic mass is 16.4. The molecule has 2 N–H and O–H groups in total. The van der Waals surface area contributed by atoms with E-state index in [9.17, 15) is 14.4 Å². The molecule has 0 saturated heterocycles. The van der Waals surface area contributed by atoms with E-state index in [1.54, 1.807) is 24.3 Å². The number of hydrogen-bond donors (Lipinski definition) is 2. The van der Waals surface area contributed by atoms with Crippen molar-refractivity contribution < 1.29 is 19.5 Å². The number of carboxylic acids is 1. The Kier molecular flexibility index (Phi) is 6.75. The first-order chi connectivity index (χ1) is 10.7. The van der Waals surface area contributed by atoms with Crippen LogP contribution in [0.4, 0.5) is 0 Å². The van der Waals surface area contributed by atoms with Crippen molar-refractivity contribution in [2.75, 3.05) is 6.54 Å². The first kappa shape index (κ1) is 18.7. The minimum atomic E-state index is -0.941. The molecule has 1 aromatic rings. The standard InChI is InChI=1S/C17H24N2O4/c1-11(2)18-16(22)13-5-7-14(8-6-13)17(23)19(12(3)4)10-9-15(20)21/h5-8,11-12H,9-10H2,1-4H3,(H,18,22)(H,20,21). The first-order valence-corrected chi connectivity index (χ1v) is 7.66. The molecule has 0 spiro atoms. The van der Waals surface area contributed by atoms with Crippen molar-refractivity contribution >= 4 is 17.8 Å². The van der Waals surface area contributed by atoms with Crippen molar-refractivity contribution in [3.05, 3.63) is 35.4 Å². The van der Waals surface area contributed by atoms with Crippen LogP contribution in [0.1, 0.15) is 54.8 Å². The van der Waals surface area contributed by atoms with Crippen LogP contribution in [0.2, 0.25) is 0 Å². The molecule has 0 heterocycles. The van der Waals surface area contributed by atoms with E-state index >= 15 is 0 Å². The molecule has 1 rings (SSSR count). The van der Waals surface area contributed by atoms with E-state index in [-0.39, 0.29) is 36.9 Å². The number of carboxylic acid groups (broad SMARTS) is 1. The summed E-state index contributed by atoms with van der Waals surface area (Å²) in [7, 11) is 0. The van der Waals surface area contributed by atoms with Crippen LogP contribution in [-0.4, -0.2) is 46.4 Å². The van der Waals surface area contributed by atoms with Crippen molar-refractivity contribution in [2.24, 2.45) is 0 Å². The number of carbonyl (C=O) groups excluding carboxylic acids is 2. The van der Waals surface area contributed by atoms with Crippen LogP contribution < -0.4 is 5.32 Å². The number of amides is 2. The fourth-order valence-electron chi connectivity index (χ4n) is 2.09. The number of nitrogens with one attached hydrogen (secondary N) is 1. The molecule has 0 saturated carbocycles. The fourth-order valence-corrected chi connectivity index (χ4v) is 2.09. The van der Waals surface area contributed by atoms with Gasteiger partial charge in [-0.25, -0.2) is 0 Å².